The average Bonchev–Trinajstić information content (AvgIpc) is 2.48. The molecule has 122 valence electrons. The minimum atomic E-state index is -3.72. The molecule has 7 heteroatoms. The molecule has 0 saturated heterocycles. The lowest BCUT2D eigenvalue weighted by atomic mass is 10.0. The topological polar surface area (TPSA) is 96.4 Å². The lowest BCUT2D eigenvalue weighted by molar-refractivity contribution is -0.136. The highest BCUT2D eigenvalue weighted by Gasteiger charge is 2.15. The molecule has 0 radical (unpaired) electrons. The Labute approximate surface area is 135 Å². The first-order valence-electron chi connectivity index (χ1n) is 7.07. The molecular weight excluding hydrogens is 316 g/mol. The Morgan fingerprint density at radius 2 is 1.83 bits per heavy atom. The van der Waals surface area contributed by atoms with E-state index in [1.54, 1.807) is 24.3 Å². The number of carboxylic acids is 1. The van der Waals surface area contributed by atoms with Crippen LogP contribution >= 0.6 is 0 Å². The van der Waals surface area contributed by atoms with E-state index in [1.165, 1.54) is 18.3 Å². The fourth-order valence-corrected chi connectivity index (χ4v) is 3.00. The molecule has 0 saturated carbocycles. The number of hydrogen-bond donors (Lipinski definition) is 2. The number of carboxylic acid groups (broad SMARTS) is 1. The van der Waals surface area contributed by atoms with Crippen molar-refractivity contribution in [1.29, 1.82) is 0 Å². The molecule has 23 heavy (non-hydrogen) atoms. The predicted octanol–water partition coefficient (Wildman–Crippen LogP) is 2.63. The van der Waals surface area contributed by atoms with Crippen molar-refractivity contribution < 1.29 is 18.3 Å². The Morgan fingerprint density at radius 3 is 2.30 bits per heavy atom. The van der Waals surface area contributed by atoms with E-state index < -0.39 is 16.0 Å². The average molecular weight is 334 g/mol. The third-order valence-corrected chi connectivity index (χ3v) is 4.65. The van der Waals surface area contributed by atoms with Crippen LogP contribution in [-0.2, 0) is 21.2 Å². The highest BCUT2D eigenvalue weighted by atomic mass is 32.2. The zero-order chi connectivity index (χ0) is 17.0. The second kappa shape index (κ2) is 6.78. The van der Waals surface area contributed by atoms with E-state index in [0.717, 1.165) is 5.56 Å². The lowest BCUT2D eigenvalue weighted by Gasteiger charge is -2.09. The number of sulfonamides is 1. The highest BCUT2D eigenvalue weighted by Crippen LogP contribution is 2.19. The van der Waals surface area contributed by atoms with Crippen LogP contribution < -0.4 is 4.72 Å². The summed E-state index contributed by atoms with van der Waals surface area (Å²) in [4.78, 5) is 14.7. The number of aromatic nitrogens is 1. The monoisotopic (exact) mass is 334 g/mol. The van der Waals surface area contributed by atoms with Crippen molar-refractivity contribution in [2.75, 3.05) is 4.72 Å². The van der Waals surface area contributed by atoms with Crippen molar-refractivity contribution in [3.05, 3.63) is 53.7 Å². The number of carbonyl (C=O) groups is 1. The molecule has 0 aliphatic rings. The molecule has 2 aromatic rings. The van der Waals surface area contributed by atoms with Gasteiger partial charge in [-0.1, -0.05) is 32.0 Å². The van der Waals surface area contributed by atoms with Crippen LogP contribution in [0.3, 0.4) is 0 Å². The Bertz CT molecular complexity index is 782. The van der Waals surface area contributed by atoms with E-state index in [0.29, 0.717) is 11.5 Å². The fraction of sp³-hybridized carbons (Fsp3) is 0.250. The van der Waals surface area contributed by atoms with E-state index in [1.807, 2.05) is 13.8 Å². The van der Waals surface area contributed by atoms with Gasteiger partial charge in [-0.2, -0.15) is 0 Å². The van der Waals surface area contributed by atoms with Crippen molar-refractivity contribution in [3.8, 4) is 0 Å². The van der Waals surface area contributed by atoms with Crippen molar-refractivity contribution in [1.82, 2.24) is 4.98 Å². The van der Waals surface area contributed by atoms with Crippen LogP contribution in [0.1, 0.15) is 30.9 Å². The van der Waals surface area contributed by atoms with Gasteiger partial charge < -0.3 is 5.11 Å². The molecule has 0 spiro atoms. The van der Waals surface area contributed by atoms with E-state index in [4.69, 9.17) is 5.11 Å². The smallest absolute Gasteiger partial charge is 0.307 e. The van der Waals surface area contributed by atoms with Crippen LogP contribution in [-0.4, -0.2) is 24.5 Å². The number of anilines is 1. The maximum absolute atomic E-state index is 12.3. The fourth-order valence-electron chi connectivity index (χ4n) is 1.99. The van der Waals surface area contributed by atoms with E-state index >= 15 is 0 Å². The number of nitrogens with zero attached hydrogens (tertiary/aromatic N) is 1. The Balaban J connectivity index is 2.15. The van der Waals surface area contributed by atoms with Gasteiger partial charge in [0.15, 0.2) is 0 Å². The van der Waals surface area contributed by atoms with E-state index in [-0.39, 0.29) is 17.1 Å². The molecule has 6 nitrogen and oxygen atoms in total. The van der Waals surface area contributed by atoms with Crippen LogP contribution in [0.5, 0.6) is 0 Å². The standard InChI is InChI=1S/C16H18N2O4S/c1-11(2)13-4-6-14(7-5-13)23(21,22)18-15-8-3-12(10-17-15)9-16(19)20/h3-8,10-11H,9H2,1-2H3,(H,17,18)(H,19,20). The zero-order valence-corrected chi connectivity index (χ0v) is 13.7. The molecule has 0 amide bonds. The first-order valence-corrected chi connectivity index (χ1v) is 8.56. The normalized spacial score (nSPS) is 11.4. The maximum atomic E-state index is 12.3. The zero-order valence-electron chi connectivity index (χ0n) is 12.9. The SMILES string of the molecule is CC(C)c1ccc(S(=O)(=O)Nc2ccc(CC(=O)O)cn2)cc1. The van der Waals surface area contributed by atoms with Crippen LogP contribution in [0.25, 0.3) is 0 Å². The Morgan fingerprint density at radius 1 is 1.17 bits per heavy atom. The molecule has 0 bridgehead atoms. The molecular formula is C16H18N2O4S. The summed E-state index contributed by atoms with van der Waals surface area (Å²) in [6.45, 7) is 4.06. The highest BCUT2D eigenvalue weighted by molar-refractivity contribution is 7.92. The second-order valence-corrected chi connectivity index (χ2v) is 7.13. The third-order valence-electron chi connectivity index (χ3n) is 3.28. The van der Waals surface area contributed by atoms with Gasteiger partial charge in [-0.3, -0.25) is 9.52 Å². The van der Waals surface area contributed by atoms with Gasteiger partial charge in [0.1, 0.15) is 5.82 Å². The quantitative estimate of drug-likeness (QED) is 0.846. The number of rotatable bonds is 6. The summed E-state index contributed by atoms with van der Waals surface area (Å²) in [5.41, 5.74) is 1.56. The molecule has 2 N–H and O–H groups in total. The summed E-state index contributed by atoms with van der Waals surface area (Å²) < 4.78 is 27.0. The molecule has 1 aromatic heterocycles. The van der Waals surface area contributed by atoms with Crippen molar-refractivity contribution >= 4 is 21.8 Å². The molecule has 0 unspecified atom stereocenters. The van der Waals surface area contributed by atoms with Gasteiger partial charge in [0.05, 0.1) is 11.3 Å². The number of hydrogen-bond acceptors (Lipinski definition) is 4. The molecule has 1 aromatic carbocycles. The van der Waals surface area contributed by atoms with Gasteiger partial charge >= 0.3 is 5.97 Å². The Hall–Kier alpha value is -2.41. The van der Waals surface area contributed by atoms with E-state index in [2.05, 4.69) is 9.71 Å². The minimum Gasteiger partial charge on any atom is -0.481 e. The summed E-state index contributed by atoms with van der Waals surface area (Å²) in [6.07, 6.45) is 1.19. The summed E-state index contributed by atoms with van der Waals surface area (Å²) >= 11 is 0. The molecule has 0 atom stereocenters. The first-order chi connectivity index (χ1) is 10.8. The molecule has 0 aliphatic heterocycles. The summed E-state index contributed by atoms with van der Waals surface area (Å²) in [7, 11) is -3.72. The summed E-state index contributed by atoms with van der Waals surface area (Å²) in [5.74, 6) is -0.499. The number of benzene rings is 1. The molecule has 1 heterocycles. The number of nitrogens with one attached hydrogen (secondary N) is 1. The van der Waals surface area contributed by atoms with Gasteiger partial charge in [0, 0.05) is 6.20 Å². The van der Waals surface area contributed by atoms with Gasteiger partial charge in [-0.15, -0.1) is 0 Å². The summed E-state index contributed by atoms with van der Waals surface area (Å²) in [6, 6.07) is 9.64. The lowest BCUT2D eigenvalue weighted by Crippen LogP contribution is -2.14. The van der Waals surface area contributed by atoms with Crippen LogP contribution in [0.4, 0.5) is 5.82 Å². The molecule has 0 fully saturated rings. The second-order valence-electron chi connectivity index (χ2n) is 5.45. The van der Waals surface area contributed by atoms with Gasteiger partial charge in [-0.05, 0) is 35.2 Å². The minimum absolute atomic E-state index is 0.145. The van der Waals surface area contributed by atoms with E-state index in [9.17, 15) is 13.2 Å². The van der Waals surface area contributed by atoms with Crippen molar-refractivity contribution in [2.45, 2.75) is 31.1 Å². The van der Waals surface area contributed by atoms with Crippen LogP contribution in [0.2, 0.25) is 0 Å². The van der Waals surface area contributed by atoms with Gasteiger partial charge in [-0.25, -0.2) is 13.4 Å². The summed E-state index contributed by atoms with van der Waals surface area (Å²) in [5, 5.41) is 8.69. The van der Waals surface area contributed by atoms with Gasteiger partial charge in [0.25, 0.3) is 10.0 Å². The largest absolute Gasteiger partial charge is 0.481 e. The van der Waals surface area contributed by atoms with Crippen LogP contribution in [0, 0.1) is 0 Å². The third kappa shape index (κ3) is 4.53. The predicted molar refractivity (Wildman–Crippen MR) is 86.9 cm³/mol. The number of pyridine rings is 1. The van der Waals surface area contributed by atoms with Crippen molar-refractivity contribution in [2.24, 2.45) is 0 Å². The van der Waals surface area contributed by atoms with Gasteiger partial charge in [0.2, 0.25) is 0 Å². The van der Waals surface area contributed by atoms with Crippen LogP contribution in [0.15, 0.2) is 47.5 Å². The molecule has 2 rings (SSSR count). The Kier molecular flexibility index (Phi) is 5.00. The number of aliphatic carboxylic acids is 1. The van der Waals surface area contributed by atoms with Crippen molar-refractivity contribution in [3.63, 3.8) is 0 Å². The molecule has 0 aliphatic carbocycles. The first kappa shape index (κ1) is 17.0. The maximum Gasteiger partial charge on any atom is 0.307 e.